The summed E-state index contributed by atoms with van der Waals surface area (Å²) in [5.74, 6) is 0.835. The Morgan fingerprint density at radius 3 is 1.80 bits per heavy atom. The van der Waals surface area contributed by atoms with Crippen molar-refractivity contribution in [3.05, 3.63) is 83.9 Å². The molecule has 0 aliphatic rings. The van der Waals surface area contributed by atoms with Gasteiger partial charge in [-0.2, -0.15) is 0 Å². The summed E-state index contributed by atoms with van der Waals surface area (Å²) in [6.45, 7) is 2.14. The first-order valence-corrected chi connectivity index (χ1v) is 8.25. The van der Waals surface area contributed by atoms with Crippen LogP contribution in [0.15, 0.2) is 72.8 Å². The molecule has 0 bridgehead atoms. The molecular formula is C22H20O3. The summed E-state index contributed by atoms with van der Waals surface area (Å²) in [5, 5.41) is 0. The van der Waals surface area contributed by atoms with Crippen LogP contribution in [0.5, 0.6) is 11.5 Å². The van der Waals surface area contributed by atoms with Gasteiger partial charge in [-0.3, -0.25) is 0 Å². The van der Waals surface area contributed by atoms with Crippen molar-refractivity contribution in [2.24, 2.45) is 0 Å². The Kier molecular flexibility index (Phi) is 5.14. The molecular weight excluding hydrogens is 312 g/mol. The highest BCUT2D eigenvalue weighted by Gasteiger charge is 2.09. The number of methoxy groups -OCH3 is 1. The first kappa shape index (κ1) is 16.8. The normalized spacial score (nSPS) is 10.3. The molecule has 3 heteroatoms. The molecule has 3 aromatic rings. The third kappa shape index (κ3) is 4.07. The number of hydrogen-bond acceptors (Lipinski definition) is 3. The third-order valence-corrected chi connectivity index (χ3v) is 4.09. The summed E-state index contributed by atoms with van der Waals surface area (Å²) in [5.41, 5.74) is 4.03. The topological polar surface area (TPSA) is 35.5 Å². The molecule has 3 nitrogen and oxygen atoms in total. The molecule has 0 heterocycles. The first-order valence-electron chi connectivity index (χ1n) is 8.25. The molecule has 3 aromatic carbocycles. The molecule has 0 spiro atoms. The smallest absolute Gasteiger partial charge is 0.343 e. The molecule has 0 aliphatic carbocycles. The molecule has 25 heavy (non-hydrogen) atoms. The molecule has 3 rings (SSSR count). The summed E-state index contributed by atoms with van der Waals surface area (Å²) >= 11 is 0. The van der Waals surface area contributed by atoms with Crippen molar-refractivity contribution in [1.29, 1.82) is 0 Å². The Labute approximate surface area is 147 Å². The van der Waals surface area contributed by atoms with E-state index >= 15 is 0 Å². The van der Waals surface area contributed by atoms with Crippen LogP contribution in [0, 0.1) is 0 Å². The number of carbonyl (C=O) groups is 1. The van der Waals surface area contributed by atoms with Gasteiger partial charge in [0.05, 0.1) is 12.7 Å². The lowest BCUT2D eigenvalue weighted by Gasteiger charge is -2.07. The number of ether oxygens (including phenoxy) is 2. The van der Waals surface area contributed by atoms with Crippen LogP contribution in [0.4, 0.5) is 0 Å². The largest absolute Gasteiger partial charge is 0.497 e. The molecule has 0 atom stereocenters. The van der Waals surface area contributed by atoms with E-state index in [4.69, 9.17) is 9.47 Å². The maximum atomic E-state index is 12.2. The highest BCUT2D eigenvalue weighted by molar-refractivity contribution is 5.91. The van der Waals surface area contributed by atoms with Gasteiger partial charge in [0, 0.05) is 0 Å². The van der Waals surface area contributed by atoms with Crippen LogP contribution in [-0.4, -0.2) is 13.1 Å². The van der Waals surface area contributed by atoms with Crippen LogP contribution < -0.4 is 9.47 Å². The number of benzene rings is 3. The minimum absolute atomic E-state index is 0.377. The predicted octanol–water partition coefficient (Wildman–Crippen LogP) is 5.14. The fourth-order valence-corrected chi connectivity index (χ4v) is 2.54. The van der Waals surface area contributed by atoms with E-state index in [-0.39, 0.29) is 5.97 Å². The van der Waals surface area contributed by atoms with E-state index in [2.05, 4.69) is 31.2 Å². The first-order chi connectivity index (χ1) is 12.2. The van der Waals surface area contributed by atoms with Gasteiger partial charge in [-0.1, -0.05) is 43.3 Å². The number of esters is 1. The summed E-state index contributed by atoms with van der Waals surface area (Å²) in [7, 11) is 1.60. The minimum Gasteiger partial charge on any atom is -0.497 e. The zero-order chi connectivity index (χ0) is 17.6. The van der Waals surface area contributed by atoms with Crippen LogP contribution in [0.25, 0.3) is 11.1 Å². The van der Waals surface area contributed by atoms with Crippen LogP contribution in [0.1, 0.15) is 22.8 Å². The van der Waals surface area contributed by atoms with Gasteiger partial charge >= 0.3 is 5.97 Å². The maximum Gasteiger partial charge on any atom is 0.343 e. The van der Waals surface area contributed by atoms with E-state index in [0.717, 1.165) is 23.3 Å². The third-order valence-electron chi connectivity index (χ3n) is 4.09. The Morgan fingerprint density at radius 1 is 0.760 bits per heavy atom. The van der Waals surface area contributed by atoms with Gasteiger partial charge < -0.3 is 9.47 Å². The second-order valence-electron chi connectivity index (χ2n) is 5.69. The van der Waals surface area contributed by atoms with E-state index in [1.807, 2.05) is 12.1 Å². The van der Waals surface area contributed by atoms with Crippen molar-refractivity contribution in [3.8, 4) is 22.6 Å². The summed E-state index contributed by atoms with van der Waals surface area (Å²) in [6, 6.07) is 22.8. The van der Waals surface area contributed by atoms with Crippen molar-refractivity contribution in [2.45, 2.75) is 13.3 Å². The van der Waals surface area contributed by atoms with Gasteiger partial charge in [-0.05, 0) is 59.5 Å². The van der Waals surface area contributed by atoms with Gasteiger partial charge in [0.15, 0.2) is 0 Å². The average Bonchev–Trinajstić information content (AvgIpc) is 2.69. The molecule has 0 amide bonds. The molecule has 0 fully saturated rings. The van der Waals surface area contributed by atoms with Gasteiger partial charge in [-0.25, -0.2) is 4.79 Å². The molecule has 126 valence electrons. The molecule has 0 N–H and O–H groups in total. The van der Waals surface area contributed by atoms with Gasteiger partial charge in [-0.15, -0.1) is 0 Å². The van der Waals surface area contributed by atoms with E-state index in [1.54, 1.807) is 43.5 Å². The summed E-state index contributed by atoms with van der Waals surface area (Å²) in [4.78, 5) is 12.2. The lowest BCUT2D eigenvalue weighted by Crippen LogP contribution is -2.08. The molecule has 0 saturated carbocycles. The van der Waals surface area contributed by atoms with Crippen molar-refractivity contribution < 1.29 is 14.3 Å². The molecule has 0 unspecified atom stereocenters. The Balaban J connectivity index is 1.71. The lowest BCUT2D eigenvalue weighted by atomic mass is 10.0. The van der Waals surface area contributed by atoms with E-state index < -0.39 is 0 Å². The lowest BCUT2D eigenvalue weighted by molar-refractivity contribution is 0.0734. The average molecular weight is 332 g/mol. The highest BCUT2D eigenvalue weighted by atomic mass is 16.5. The predicted molar refractivity (Wildman–Crippen MR) is 99.2 cm³/mol. The number of hydrogen-bond donors (Lipinski definition) is 0. The zero-order valence-corrected chi connectivity index (χ0v) is 14.4. The molecule has 0 radical (unpaired) electrons. The highest BCUT2D eigenvalue weighted by Crippen LogP contribution is 2.22. The van der Waals surface area contributed by atoms with Crippen LogP contribution in [-0.2, 0) is 6.42 Å². The fraction of sp³-hybridized carbons (Fsp3) is 0.136. The van der Waals surface area contributed by atoms with Crippen molar-refractivity contribution in [3.63, 3.8) is 0 Å². The van der Waals surface area contributed by atoms with Crippen LogP contribution in [0.3, 0.4) is 0 Å². The van der Waals surface area contributed by atoms with Gasteiger partial charge in [0.2, 0.25) is 0 Å². The number of rotatable bonds is 5. The second kappa shape index (κ2) is 7.67. The molecule has 0 aliphatic heterocycles. The SMILES string of the molecule is CCc1ccc(-c2ccc(C(=O)Oc3ccc(OC)cc3)cc2)cc1. The van der Waals surface area contributed by atoms with E-state index in [0.29, 0.717) is 11.3 Å². The quantitative estimate of drug-likeness (QED) is 0.479. The number of carbonyl (C=O) groups excluding carboxylic acids is 1. The Morgan fingerprint density at radius 2 is 1.28 bits per heavy atom. The zero-order valence-electron chi connectivity index (χ0n) is 14.4. The standard InChI is InChI=1S/C22H20O3/c1-3-16-4-6-17(7-5-16)18-8-10-19(11-9-18)22(23)25-21-14-12-20(24-2)13-15-21/h4-15H,3H2,1-2H3. The number of aryl methyl sites for hydroxylation is 1. The second-order valence-corrected chi connectivity index (χ2v) is 5.69. The maximum absolute atomic E-state index is 12.2. The van der Waals surface area contributed by atoms with Crippen molar-refractivity contribution in [2.75, 3.05) is 7.11 Å². The van der Waals surface area contributed by atoms with Crippen molar-refractivity contribution >= 4 is 5.97 Å². The monoisotopic (exact) mass is 332 g/mol. The van der Waals surface area contributed by atoms with Crippen molar-refractivity contribution in [1.82, 2.24) is 0 Å². The summed E-state index contributed by atoms with van der Waals surface area (Å²) in [6.07, 6.45) is 1.02. The Hall–Kier alpha value is -3.07. The van der Waals surface area contributed by atoms with Crippen LogP contribution >= 0.6 is 0 Å². The molecule has 0 aromatic heterocycles. The van der Waals surface area contributed by atoms with E-state index in [1.165, 1.54) is 5.56 Å². The fourth-order valence-electron chi connectivity index (χ4n) is 2.54. The Bertz CT molecular complexity index is 832. The van der Waals surface area contributed by atoms with Crippen LogP contribution in [0.2, 0.25) is 0 Å². The van der Waals surface area contributed by atoms with E-state index in [9.17, 15) is 4.79 Å². The minimum atomic E-state index is -0.377. The molecule has 0 saturated heterocycles. The van der Waals surface area contributed by atoms with Gasteiger partial charge in [0.25, 0.3) is 0 Å². The van der Waals surface area contributed by atoms with Gasteiger partial charge in [0.1, 0.15) is 11.5 Å². The summed E-state index contributed by atoms with van der Waals surface area (Å²) < 4.78 is 10.5.